The molecule has 0 amide bonds. The summed E-state index contributed by atoms with van der Waals surface area (Å²) in [5, 5.41) is 10.8. The van der Waals surface area contributed by atoms with E-state index >= 15 is 0 Å². The van der Waals surface area contributed by atoms with Crippen LogP contribution >= 0.6 is 0 Å². The van der Waals surface area contributed by atoms with Crippen molar-refractivity contribution in [2.75, 3.05) is 0 Å². The van der Waals surface area contributed by atoms with E-state index < -0.39 is 0 Å². The molecule has 0 bridgehead atoms. The van der Waals surface area contributed by atoms with Crippen molar-refractivity contribution >= 4 is 0 Å². The predicted octanol–water partition coefficient (Wildman–Crippen LogP) is 8.48. The number of allylic oxidation sites excluding steroid dienone is 4. The Bertz CT molecular complexity index is 767. The highest BCUT2D eigenvalue weighted by Gasteiger charge is 2.63. The van der Waals surface area contributed by atoms with Crippen LogP contribution in [0.5, 0.6) is 0 Å². The summed E-state index contributed by atoms with van der Waals surface area (Å²) in [5.74, 6) is 2.32. The van der Waals surface area contributed by atoms with Crippen LogP contribution in [0, 0.1) is 39.4 Å². The normalized spacial score (nSPS) is 44.9. The van der Waals surface area contributed by atoms with Gasteiger partial charge in [0.2, 0.25) is 0 Å². The molecule has 1 N–H and O–H groups in total. The van der Waals surface area contributed by atoms with E-state index in [2.05, 4.69) is 61.5 Å². The van der Waals surface area contributed by atoms with Crippen LogP contribution in [-0.4, -0.2) is 11.2 Å². The topological polar surface area (TPSA) is 20.2 Å². The summed E-state index contributed by atoms with van der Waals surface area (Å²) in [7, 11) is 0. The van der Waals surface area contributed by atoms with Crippen molar-refractivity contribution in [3.05, 3.63) is 22.8 Å². The van der Waals surface area contributed by atoms with Gasteiger partial charge in [0.05, 0.1) is 6.10 Å². The molecule has 0 radical (unpaired) electrons. The molecule has 0 aromatic heterocycles. The first kappa shape index (κ1) is 23.6. The minimum atomic E-state index is -0.130. The highest BCUT2D eigenvalue weighted by Crippen LogP contribution is 2.72. The molecule has 7 atom stereocenters. The molecule has 176 valence electrons. The van der Waals surface area contributed by atoms with Crippen molar-refractivity contribution in [1.29, 1.82) is 0 Å². The van der Waals surface area contributed by atoms with Crippen LogP contribution in [0.15, 0.2) is 22.8 Å². The number of aliphatic hydroxyl groups is 1. The van der Waals surface area contributed by atoms with Gasteiger partial charge in [-0.1, -0.05) is 64.3 Å². The van der Waals surface area contributed by atoms with E-state index in [4.69, 9.17) is 0 Å². The zero-order valence-electron chi connectivity index (χ0n) is 21.9. The van der Waals surface area contributed by atoms with Crippen LogP contribution in [0.25, 0.3) is 0 Å². The van der Waals surface area contributed by atoms with E-state index in [9.17, 15) is 5.11 Å². The molecule has 1 heteroatoms. The van der Waals surface area contributed by atoms with Gasteiger partial charge in [-0.25, -0.2) is 0 Å². The number of aliphatic hydroxyl groups excluding tert-OH is 1. The summed E-state index contributed by atoms with van der Waals surface area (Å²) < 4.78 is 0. The van der Waals surface area contributed by atoms with Gasteiger partial charge < -0.3 is 5.11 Å². The molecule has 1 nitrogen and oxygen atoms in total. The molecule has 2 saturated carbocycles. The van der Waals surface area contributed by atoms with Crippen molar-refractivity contribution in [3.63, 3.8) is 0 Å². The fourth-order valence-electron chi connectivity index (χ4n) is 9.47. The van der Waals surface area contributed by atoms with Gasteiger partial charge in [0.1, 0.15) is 0 Å². The number of hydrogen-bond donors (Lipinski definition) is 1. The van der Waals surface area contributed by atoms with E-state index in [0.717, 1.165) is 18.3 Å². The SMILES string of the molecule is CC(C)=CCC[C@@H](C)[C@H]1CC[C@]2(C)C3=C(CC[C@@]12C)[C@@]1(C)CC[C@H](O)C(C)(C)[C@@H]1CC3. The Morgan fingerprint density at radius 3 is 2.35 bits per heavy atom. The van der Waals surface area contributed by atoms with E-state index in [1.807, 2.05) is 11.1 Å². The standard InChI is InChI=1S/C30H50O/c1-20(2)10-9-11-21(3)22-14-18-30(8)24-12-13-25-27(4,5)26(31)16-17-28(25,6)23(24)15-19-29(22,30)7/h10,21-22,25-26,31H,9,11-19H2,1-8H3/t21-,22-,25+,26+,28-,29+,30-/m1/s1. The van der Waals surface area contributed by atoms with Gasteiger partial charge in [0, 0.05) is 0 Å². The molecule has 31 heavy (non-hydrogen) atoms. The summed E-state index contributed by atoms with van der Waals surface area (Å²) in [4.78, 5) is 0. The van der Waals surface area contributed by atoms with Gasteiger partial charge in [-0.05, 0) is 117 Å². The quantitative estimate of drug-likeness (QED) is 0.447. The lowest BCUT2D eigenvalue weighted by molar-refractivity contribution is -0.0962. The third-order valence-electron chi connectivity index (χ3n) is 11.7. The van der Waals surface area contributed by atoms with Crippen molar-refractivity contribution in [1.82, 2.24) is 0 Å². The van der Waals surface area contributed by atoms with Crippen LogP contribution < -0.4 is 0 Å². The van der Waals surface area contributed by atoms with Crippen LogP contribution in [0.3, 0.4) is 0 Å². The zero-order chi connectivity index (χ0) is 22.8. The molecule has 0 spiro atoms. The highest BCUT2D eigenvalue weighted by molar-refractivity contribution is 5.38. The van der Waals surface area contributed by atoms with Crippen LogP contribution in [0.2, 0.25) is 0 Å². The smallest absolute Gasteiger partial charge is 0.0594 e. The van der Waals surface area contributed by atoms with Crippen molar-refractivity contribution in [2.24, 2.45) is 39.4 Å². The van der Waals surface area contributed by atoms with Crippen molar-refractivity contribution < 1.29 is 5.11 Å². The number of rotatable bonds is 4. The first-order chi connectivity index (χ1) is 14.4. The largest absolute Gasteiger partial charge is 0.393 e. The highest BCUT2D eigenvalue weighted by atomic mass is 16.3. The third kappa shape index (κ3) is 3.34. The minimum absolute atomic E-state index is 0.0465. The Balaban J connectivity index is 1.65. The molecular weight excluding hydrogens is 376 g/mol. The lowest BCUT2D eigenvalue weighted by Crippen LogP contribution is -2.55. The van der Waals surface area contributed by atoms with E-state index in [1.165, 1.54) is 63.4 Å². The van der Waals surface area contributed by atoms with Crippen LogP contribution in [0.4, 0.5) is 0 Å². The maximum Gasteiger partial charge on any atom is 0.0594 e. The summed E-state index contributed by atoms with van der Waals surface area (Å²) in [6.45, 7) is 19.6. The Labute approximate surface area is 193 Å². The third-order valence-corrected chi connectivity index (χ3v) is 11.7. The fourth-order valence-corrected chi connectivity index (χ4v) is 9.47. The van der Waals surface area contributed by atoms with Crippen LogP contribution in [-0.2, 0) is 0 Å². The second-order valence-corrected chi connectivity index (χ2v) is 13.6. The molecule has 0 aromatic carbocycles. The second kappa shape index (κ2) is 7.75. The zero-order valence-corrected chi connectivity index (χ0v) is 21.9. The molecule has 0 heterocycles. The Kier molecular flexibility index (Phi) is 5.90. The summed E-state index contributed by atoms with van der Waals surface area (Å²) in [6.07, 6.45) is 15.2. The van der Waals surface area contributed by atoms with E-state index in [0.29, 0.717) is 22.2 Å². The first-order valence-electron chi connectivity index (χ1n) is 13.4. The van der Waals surface area contributed by atoms with Gasteiger partial charge in [0.15, 0.2) is 0 Å². The van der Waals surface area contributed by atoms with Crippen LogP contribution in [0.1, 0.15) is 120 Å². The summed E-state index contributed by atoms with van der Waals surface area (Å²) in [6, 6.07) is 0. The minimum Gasteiger partial charge on any atom is -0.393 e. The van der Waals surface area contributed by atoms with E-state index in [-0.39, 0.29) is 11.5 Å². The molecule has 0 unspecified atom stereocenters. The molecule has 0 aliphatic heterocycles. The Hall–Kier alpha value is -0.560. The Morgan fingerprint density at radius 1 is 0.968 bits per heavy atom. The monoisotopic (exact) mass is 426 g/mol. The molecular formula is C30H50O. The van der Waals surface area contributed by atoms with Gasteiger partial charge in [-0.3, -0.25) is 0 Å². The molecule has 4 rings (SSSR count). The molecule has 0 saturated heterocycles. The molecule has 0 aromatic rings. The lowest BCUT2D eigenvalue weighted by Gasteiger charge is -2.62. The van der Waals surface area contributed by atoms with Gasteiger partial charge in [-0.15, -0.1) is 0 Å². The average Bonchev–Trinajstić information content (AvgIpc) is 2.96. The lowest BCUT2D eigenvalue weighted by atomic mass is 9.43. The maximum absolute atomic E-state index is 10.8. The number of fused-ring (bicyclic) bond motifs is 4. The molecule has 4 aliphatic rings. The van der Waals surface area contributed by atoms with Crippen molar-refractivity contribution in [3.8, 4) is 0 Å². The fraction of sp³-hybridized carbons (Fsp3) is 0.867. The number of hydrogen-bond acceptors (Lipinski definition) is 1. The van der Waals surface area contributed by atoms with Gasteiger partial charge in [0.25, 0.3) is 0 Å². The molecule has 2 fully saturated rings. The molecule has 4 aliphatic carbocycles. The maximum atomic E-state index is 10.8. The summed E-state index contributed by atoms with van der Waals surface area (Å²) >= 11 is 0. The van der Waals surface area contributed by atoms with Crippen molar-refractivity contribution in [2.45, 2.75) is 126 Å². The van der Waals surface area contributed by atoms with Gasteiger partial charge in [-0.2, -0.15) is 0 Å². The van der Waals surface area contributed by atoms with E-state index in [1.54, 1.807) is 0 Å². The average molecular weight is 427 g/mol. The summed E-state index contributed by atoms with van der Waals surface area (Å²) in [5.41, 5.74) is 6.41. The first-order valence-corrected chi connectivity index (χ1v) is 13.4. The predicted molar refractivity (Wildman–Crippen MR) is 133 cm³/mol. The second-order valence-electron chi connectivity index (χ2n) is 13.6. The Morgan fingerprint density at radius 2 is 1.68 bits per heavy atom. The van der Waals surface area contributed by atoms with Gasteiger partial charge >= 0.3 is 0 Å².